The maximum atomic E-state index is 5.38. The van der Waals surface area contributed by atoms with E-state index in [1.54, 1.807) is 0 Å². The van der Waals surface area contributed by atoms with Gasteiger partial charge in [-0.1, -0.05) is 6.42 Å². The molecule has 25 heavy (non-hydrogen) atoms. The molecule has 0 aromatic carbocycles. The van der Waals surface area contributed by atoms with E-state index >= 15 is 0 Å². The van der Waals surface area contributed by atoms with Crippen LogP contribution in [-0.4, -0.2) is 87.9 Å². The smallest absolute Gasteiger partial charge is 0.190 e. The first-order chi connectivity index (χ1) is 12.3. The van der Waals surface area contributed by atoms with Gasteiger partial charge in [0.05, 0.1) is 13.2 Å². The lowest BCUT2D eigenvalue weighted by atomic mass is 10.0. The van der Waals surface area contributed by atoms with E-state index in [1.165, 1.54) is 58.2 Å². The summed E-state index contributed by atoms with van der Waals surface area (Å²) < 4.78 is 5.38. The number of rotatable bonds is 9. The van der Waals surface area contributed by atoms with Crippen LogP contribution >= 0.6 is 0 Å². The molecule has 2 aliphatic rings. The molecule has 146 valence electrons. The number of unbranched alkanes of at least 4 members (excludes halogenated alkanes) is 1. The van der Waals surface area contributed by atoms with Crippen LogP contribution in [0.3, 0.4) is 0 Å². The Hall–Kier alpha value is -0.850. The van der Waals surface area contributed by atoms with E-state index in [2.05, 4.69) is 32.3 Å². The zero-order valence-corrected chi connectivity index (χ0v) is 16.4. The molecule has 0 aromatic heterocycles. The molecule has 0 saturated carbocycles. The Morgan fingerprint density at radius 2 is 1.76 bits per heavy atom. The second-order valence-electron chi connectivity index (χ2n) is 7.32. The van der Waals surface area contributed by atoms with Gasteiger partial charge in [0.15, 0.2) is 5.96 Å². The summed E-state index contributed by atoms with van der Waals surface area (Å²) in [4.78, 5) is 9.46. The first-order valence-electron chi connectivity index (χ1n) is 10.3. The van der Waals surface area contributed by atoms with Crippen LogP contribution < -0.4 is 10.6 Å². The summed E-state index contributed by atoms with van der Waals surface area (Å²) in [6.07, 6.45) is 7.73. The lowest BCUT2D eigenvalue weighted by Crippen LogP contribution is -2.41. The number of morpholine rings is 1. The molecule has 1 atom stereocenters. The molecule has 0 aromatic rings. The molecule has 0 aliphatic carbocycles. The number of hydrogen-bond acceptors (Lipinski definition) is 4. The van der Waals surface area contributed by atoms with Crippen LogP contribution in [-0.2, 0) is 4.74 Å². The summed E-state index contributed by atoms with van der Waals surface area (Å²) in [6, 6.07) is 0.762. The summed E-state index contributed by atoms with van der Waals surface area (Å²) in [5.41, 5.74) is 0. The predicted octanol–water partition coefficient (Wildman–Crippen LogP) is 1.53. The highest BCUT2D eigenvalue weighted by molar-refractivity contribution is 5.79. The summed E-state index contributed by atoms with van der Waals surface area (Å²) >= 11 is 0. The second-order valence-corrected chi connectivity index (χ2v) is 7.32. The first-order valence-corrected chi connectivity index (χ1v) is 10.3. The van der Waals surface area contributed by atoms with Gasteiger partial charge in [0.25, 0.3) is 0 Å². The third-order valence-electron chi connectivity index (χ3n) is 5.38. The molecule has 2 rings (SSSR count). The molecule has 1 unspecified atom stereocenters. The van der Waals surface area contributed by atoms with Crippen LogP contribution in [0, 0.1) is 0 Å². The second kappa shape index (κ2) is 12.5. The van der Waals surface area contributed by atoms with Crippen LogP contribution in [0.4, 0.5) is 0 Å². The quantitative estimate of drug-likeness (QED) is 0.374. The number of nitrogens with zero attached hydrogens (tertiary/aromatic N) is 3. The summed E-state index contributed by atoms with van der Waals surface area (Å²) in [6.45, 7) is 12.0. The fourth-order valence-electron chi connectivity index (χ4n) is 3.69. The van der Waals surface area contributed by atoms with E-state index < -0.39 is 0 Å². The number of aliphatic imine (C=N–C) groups is 1. The van der Waals surface area contributed by atoms with Crippen molar-refractivity contribution in [3.63, 3.8) is 0 Å². The lowest BCUT2D eigenvalue weighted by Gasteiger charge is -2.33. The topological polar surface area (TPSA) is 52.1 Å². The molecular weight excluding hydrogens is 314 g/mol. The van der Waals surface area contributed by atoms with Crippen molar-refractivity contribution >= 4 is 5.96 Å². The highest BCUT2D eigenvalue weighted by Crippen LogP contribution is 2.15. The van der Waals surface area contributed by atoms with Gasteiger partial charge in [0.1, 0.15) is 0 Å². The highest BCUT2D eigenvalue weighted by atomic mass is 16.5. The van der Waals surface area contributed by atoms with Gasteiger partial charge in [0.2, 0.25) is 0 Å². The van der Waals surface area contributed by atoms with Gasteiger partial charge >= 0.3 is 0 Å². The molecular formula is C19H39N5O. The van der Waals surface area contributed by atoms with E-state index in [1.807, 2.05) is 7.05 Å². The van der Waals surface area contributed by atoms with Crippen molar-refractivity contribution in [2.24, 2.45) is 4.99 Å². The molecule has 2 aliphatic heterocycles. The number of nitrogens with one attached hydrogen (secondary N) is 2. The molecule has 0 radical (unpaired) electrons. The minimum atomic E-state index is 0.762. The van der Waals surface area contributed by atoms with Gasteiger partial charge in [-0.25, -0.2) is 0 Å². The maximum Gasteiger partial charge on any atom is 0.190 e. The molecule has 2 fully saturated rings. The largest absolute Gasteiger partial charge is 0.379 e. The van der Waals surface area contributed by atoms with Crippen LogP contribution in [0.25, 0.3) is 0 Å². The minimum Gasteiger partial charge on any atom is -0.379 e. The molecule has 6 nitrogen and oxygen atoms in total. The maximum absolute atomic E-state index is 5.38. The number of hydrogen-bond donors (Lipinski definition) is 2. The average molecular weight is 354 g/mol. The van der Waals surface area contributed by atoms with E-state index in [9.17, 15) is 0 Å². The van der Waals surface area contributed by atoms with Crippen molar-refractivity contribution in [3.05, 3.63) is 0 Å². The Balaban J connectivity index is 1.46. The third-order valence-corrected chi connectivity index (χ3v) is 5.38. The number of guanidine groups is 1. The van der Waals surface area contributed by atoms with Gasteiger partial charge in [-0.3, -0.25) is 9.89 Å². The fraction of sp³-hybridized carbons (Fsp3) is 0.947. The van der Waals surface area contributed by atoms with E-state index in [0.29, 0.717) is 0 Å². The first kappa shape index (κ1) is 20.5. The zero-order chi connectivity index (χ0) is 17.7. The summed E-state index contributed by atoms with van der Waals surface area (Å²) in [5, 5.41) is 6.89. The Bertz CT molecular complexity index is 371. The molecule has 2 saturated heterocycles. The van der Waals surface area contributed by atoms with E-state index in [0.717, 1.165) is 51.4 Å². The van der Waals surface area contributed by atoms with Crippen molar-refractivity contribution in [2.45, 2.75) is 51.5 Å². The van der Waals surface area contributed by atoms with Crippen LogP contribution in [0.1, 0.15) is 45.4 Å². The Labute approximate surface area is 154 Å². The van der Waals surface area contributed by atoms with Crippen molar-refractivity contribution in [1.29, 1.82) is 0 Å². The Kier molecular flexibility index (Phi) is 10.2. The summed E-state index contributed by atoms with van der Waals surface area (Å²) in [7, 11) is 1.86. The SMILES string of the molecule is CN=C(NCCCCN1CCOCC1)NCCCN1CCCCC1C. The van der Waals surface area contributed by atoms with Gasteiger partial charge in [-0.05, 0) is 52.1 Å². The zero-order valence-electron chi connectivity index (χ0n) is 16.4. The average Bonchev–Trinajstić information content (AvgIpc) is 2.65. The molecule has 6 heteroatoms. The van der Waals surface area contributed by atoms with Gasteiger partial charge in [0, 0.05) is 45.8 Å². The number of piperidine rings is 1. The Morgan fingerprint density at radius 3 is 2.48 bits per heavy atom. The molecule has 0 bridgehead atoms. The molecule has 2 N–H and O–H groups in total. The van der Waals surface area contributed by atoms with Crippen molar-refractivity contribution in [1.82, 2.24) is 20.4 Å². The van der Waals surface area contributed by atoms with Gasteiger partial charge < -0.3 is 20.3 Å². The minimum absolute atomic E-state index is 0.762. The summed E-state index contributed by atoms with van der Waals surface area (Å²) in [5.74, 6) is 0.943. The highest BCUT2D eigenvalue weighted by Gasteiger charge is 2.17. The Morgan fingerprint density at radius 1 is 1.00 bits per heavy atom. The number of ether oxygens (including phenoxy) is 1. The van der Waals surface area contributed by atoms with Crippen LogP contribution in [0.5, 0.6) is 0 Å². The lowest BCUT2D eigenvalue weighted by molar-refractivity contribution is 0.0372. The van der Waals surface area contributed by atoms with E-state index in [4.69, 9.17) is 4.74 Å². The standard InChI is InChI=1S/C19H39N5O/c1-18-8-3-5-12-24(18)13-7-10-22-19(20-2)21-9-4-6-11-23-14-16-25-17-15-23/h18H,3-17H2,1-2H3,(H2,20,21,22). The van der Waals surface area contributed by atoms with Crippen molar-refractivity contribution in [2.75, 3.05) is 66.1 Å². The normalized spacial score (nSPS) is 23.6. The number of likely N-dealkylation sites (tertiary alicyclic amines) is 1. The molecule has 2 heterocycles. The molecule has 0 spiro atoms. The predicted molar refractivity (Wildman–Crippen MR) is 105 cm³/mol. The van der Waals surface area contributed by atoms with E-state index in [-0.39, 0.29) is 0 Å². The van der Waals surface area contributed by atoms with Crippen molar-refractivity contribution in [3.8, 4) is 0 Å². The van der Waals surface area contributed by atoms with Crippen LogP contribution in [0.15, 0.2) is 4.99 Å². The molecule has 0 amide bonds. The monoisotopic (exact) mass is 353 g/mol. The van der Waals surface area contributed by atoms with Crippen molar-refractivity contribution < 1.29 is 4.74 Å². The van der Waals surface area contributed by atoms with Gasteiger partial charge in [-0.2, -0.15) is 0 Å². The third kappa shape index (κ3) is 8.38. The van der Waals surface area contributed by atoms with Crippen LogP contribution in [0.2, 0.25) is 0 Å². The van der Waals surface area contributed by atoms with Gasteiger partial charge in [-0.15, -0.1) is 0 Å². The fourth-order valence-corrected chi connectivity index (χ4v) is 3.69.